The number of benzene rings is 3. The quantitative estimate of drug-likeness (QED) is 0.405. The zero-order valence-corrected chi connectivity index (χ0v) is 18.2. The summed E-state index contributed by atoms with van der Waals surface area (Å²) in [4.78, 5) is 6.27. The Morgan fingerprint density at radius 1 is 0.938 bits per heavy atom. The average Bonchev–Trinajstić information content (AvgIpc) is 3.11. The molecule has 2 unspecified atom stereocenters. The molecule has 0 amide bonds. The van der Waals surface area contributed by atoms with Crippen molar-refractivity contribution in [3.05, 3.63) is 89.3 Å². The highest BCUT2D eigenvalue weighted by Crippen LogP contribution is 2.33. The van der Waals surface area contributed by atoms with Crippen LogP contribution in [0.5, 0.6) is 11.5 Å². The third kappa shape index (κ3) is 4.74. The third-order valence-electron chi connectivity index (χ3n) is 4.53. The van der Waals surface area contributed by atoms with Gasteiger partial charge in [-0.1, -0.05) is 58.7 Å². The maximum atomic E-state index is 13.3. The summed E-state index contributed by atoms with van der Waals surface area (Å²) in [6, 6.07) is 20.2. The van der Waals surface area contributed by atoms with Crippen molar-refractivity contribution in [2.24, 2.45) is 0 Å². The van der Waals surface area contributed by atoms with E-state index in [0.717, 1.165) is 17.3 Å². The number of sulfonamides is 1. The Balaban J connectivity index is 1.65. The summed E-state index contributed by atoms with van der Waals surface area (Å²) in [6.07, 6.45) is 0.739. The first-order chi connectivity index (χ1) is 15.3. The lowest BCUT2D eigenvalue weighted by molar-refractivity contribution is 0.127. The van der Waals surface area contributed by atoms with Crippen molar-refractivity contribution in [2.45, 2.75) is 16.7 Å². The van der Waals surface area contributed by atoms with Crippen LogP contribution in [0.2, 0.25) is 0 Å². The van der Waals surface area contributed by atoms with Gasteiger partial charge in [0.1, 0.15) is 17.7 Å². The van der Waals surface area contributed by atoms with Crippen LogP contribution in [0.1, 0.15) is 5.56 Å². The molecule has 1 heterocycles. The molecule has 3 aromatic carbocycles. The van der Waals surface area contributed by atoms with E-state index < -0.39 is 21.8 Å². The topological polar surface area (TPSA) is 119 Å². The molecule has 4 rings (SSSR count). The number of phenolic OH excluding ortho intramolecular Hbond substituents is 1. The van der Waals surface area contributed by atoms with Crippen LogP contribution in [-0.2, 0) is 10.0 Å². The molecular formula is C22H20N2O6S2. The van der Waals surface area contributed by atoms with Gasteiger partial charge >= 0.3 is 0 Å². The van der Waals surface area contributed by atoms with Gasteiger partial charge in [-0.3, -0.25) is 5.32 Å². The molecule has 0 bridgehead atoms. The third-order valence-corrected chi connectivity index (χ3v) is 7.08. The van der Waals surface area contributed by atoms with E-state index in [2.05, 4.69) is 5.32 Å². The number of hydrogen-bond donors (Lipinski definition) is 4. The number of nitrogens with zero attached hydrogens (tertiary/aromatic N) is 1. The molecule has 0 saturated carbocycles. The summed E-state index contributed by atoms with van der Waals surface area (Å²) in [5.74, 6) is -0.0423. The molecule has 32 heavy (non-hydrogen) atoms. The number of aliphatic hydroxyl groups is 2. The number of nitrogens with one attached hydrogen (secondary N) is 1. The Bertz CT molecular complexity index is 1220. The van der Waals surface area contributed by atoms with Gasteiger partial charge in [0.15, 0.2) is 11.3 Å². The Morgan fingerprint density at radius 3 is 2.22 bits per heavy atom. The fourth-order valence-electron chi connectivity index (χ4n) is 2.98. The largest absolute Gasteiger partial charge is 0.506 e. The van der Waals surface area contributed by atoms with E-state index in [1.165, 1.54) is 24.3 Å². The monoisotopic (exact) mass is 472 g/mol. The maximum absolute atomic E-state index is 13.3. The number of phenols is 1. The Kier molecular flexibility index (Phi) is 6.40. The highest BCUT2D eigenvalue weighted by molar-refractivity contribution is 8.03. The van der Waals surface area contributed by atoms with Crippen LogP contribution >= 0.6 is 11.8 Å². The molecule has 0 spiro atoms. The first-order valence-corrected chi connectivity index (χ1v) is 11.8. The number of hydrogen-bond acceptors (Lipinski definition) is 8. The molecule has 1 aliphatic rings. The number of aromatic hydroxyl groups is 1. The summed E-state index contributed by atoms with van der Waals surface area (Å²) in [6.45, 7) is 0. The van der Waals surface area contributed by atoms with Gasteiger partial charge in [-0.25, -0.2) is 0 Å². The van der Waals surface area contributed by atoms with Crippen molar-refractivity contribution in [3.8, 4) is 11.5 Å². The van der Waals surface area contributed by atoms with Crippen LogP contribution < -0.4 is 14.6 Å². The second-order valence-electron chi connectivity index (χ2n) is 6.78. The van der Waals surface area contributed by atoms with Gasteiger partial charge in [0.25, 0.3) is 10.0 Å². The van der Waals surface area contributed by atoms with Crippen molar-refractivity contribution in [1.82, 2.24) is 5.32 Å². The van der Waals surface area contributed by atoms with E-state index in [9.17, 15) is 23.7 Å². The van der Waals surface area contributed by atoms with E-state index in [-0.39, 0.29) is 22.1 Å². The van der Waals surface area contributed by atoms with Gasteiger partial charge in [-0.05, 0) is 48.0 Å². The molecular weight excluding hydrogens is 452 g/mol. The lowest BCUT2D eigenvalue weighted by Crippen LogP contribution is -2.34. The Hall–Kier alpha value is -3.02. The molecule has 3 aromatic rings. The second kappa shape index (κ2) is 9.23. The molecule has 1 aliphatic heterocycles. The molecule has 0 aliphatic carbocycles. The first-order valence-electron chi connectivity index (χ1n) is 9.51. The number of rotatable bonds is 6. The fourth-order valence-corrected chi connectivity index (χ4v) is 5.12. The average molecular weight is 473 g/mol. The van der Waals surface area contributed by atoms with E-state index in [4.69, 9.17) is 4.84 Å². The van der Waals surface area contributed by atoms with Crippen LogP contribution in [0.3, 0.4) is 0 Å². The minimum absolute atomic E-state index is 0.00269. The van der Waals surface area contributed by atoms with E-state index >= 15 is 0 Å². The van der Waals surface area contributed by atoms with E-state index in [1.54, 1.807) is 60.7 Å². The number of anilines is 1. The summed E-state index contributed by atoms with van der Waals surface area (Å²) >= 11 is 1.09. The van der Waals surface area contributed by atoms with Crippen LogP contribution in [0.25, 0.3) is 6.08 Å². The van der Waals surface area contributed by atoms with Gasteiger partial charge in [0.05, 0.1) is 4.90 Å². The smallest absolute Gasteiger partial charge is 0.295 e. The van der Waals surface area contributed by atoms with Gasteiger partial charge in [-0.2, -0.15) is 8.42 Å². The van der Waals surface area contributed by atoms with Crippen molar-refractivity contribution in [2.75, 3.05) is 4.47 Å². The molecule has 8 nitrogen and oxygen atoms in total. The Morgan fingerprint density at radius 2 is 1.59 bits per heavy atom. The number of para-hydroxylation sites is 2. The van der Waals surface area contributed by atoms with E-state index in [1.807, 2.05) is 0 Å². The highest BCUT2D eigenvalue weighted by atomic mass is 32.2. The van der Waals surface area contributed by atoms with Crippen molar-refractivity contribution < 1.29 is 28.6 Å². The minimum atomic E-state index is -4.15. The van der Waals surface area contributed by atoms with Crippen molar-refractivity contribution in [3.63, 3.8) is 0 Å². The first kappa shape index (κ1) is 22.2. The van der Waals surface area contributed by atoms with Crippen molar-refractivity contribution in [1.29, 1.82) is 0 Å². The molecule has 1 fully saturated rings. The van der Waals surface area contributed by atoms with Crippen LogP contribution in [0.4, 0.5) is 5.69 Å². The fraction of sp³-hybridized carbons (Fsp3) is 0.0909. The minimum Gasteiger partial charge on any atom is -0.506 e. The number of aliphatic hydroxyl groups excluding tert-OH is 2. The summed E-state index contributed by atoms with van der Waals surface area (Å²) < 4.78 is 27.2. The highest BCUT2D eigenvalue weighted by Gasteiger charge is 2.29. The van der Waals surface area contributed by atoms with Crippen LogP contribution in [0.15, 0.2) is 88.7 Å². The van der Waals surface area contributed by atoms with Gasteiger partial charge in [0.2, 0.25) is 0 Å². The molecule has 1 saturated heterocycles. The zero-order chi connectivity index (χ0) is 22.7. The van der Waals surface area contributed by atoms with E-state index in [0.29, 0.717) is 9.37 Å². The maximum Gasteiger partial charge on any atom is 0.295 e. The predicted molar refractivity (Wildman–Crippen MR) is 122 cm³/mol. The van der Waals surface area contributed by atoms with Gasteiger partial charge in [0, 0.05) is 4.91 Å². The molecule has 0 radical (unpaired) electrons. The van der Waals surface area contributed by atoms with Gasteiger partial charge in [-0.15, -0.1) is 0 Å². The molecule has 2 atom stereocenters. The summed E-state index contributed by atoms with van der Waals surface area (Å²) in [5.41, 5.74) is -0.197. The standard InChI is InChI=1S/C22H20N2O6S2/c25-19-9-5-4-8-18(19)24(32(28,29)17-6-2-1-3-7-17)30-16-12-10-15(11-13-16)14-20-21(26)23-22(27)31-20/h1-14,21-23,25-27H/b20-14-. The number of thioether (sulfide) groups is 1. The van der Waals surface area contributed by atoms with Crippen molar-refractivity contribution >= 4 is 33.5 Å². The second-order valence-corrected chi connectivity index (χ2v) is 9.69. The van der Waals surface area contributed by atoms with Crippen LogP contribution in [0, 0.1) is 0 Å². The van der Waals surface area contributed by atoms with Gasteiger partial charge < -0.3 is 20.2 Å². The predicted octanol–water partition coefficient (Wildman–Crippen LogP) is 2.85. The molecule has 4 N–H and O–H groups in total. The SMILES string of the molecule is O=S(=O)(c1ccccc1)N(Oc1ccc(/C=C2\SC(O)NC2O)cc1)c1ccccc1O. The lowest BCUT2D eigenvalue weighted by atomic mass is 10.2. The molecule has 10 heteroatoms. The normalized spacial score (nSPS) is 19.8. The zero-order valence-electron chi connectivity index (χ0n) is 16.6. The van der Waals surface area contributed by atoms with Crippen LogP contribution in [-0.4, -0.2) is 35.5 Å². The Labute approximate surface area is 189 Å². The molecule has 166 valence electrons. The summed E-state index contributed by atoms with van der Waals surface area (Å²) in [7, 11) is -4.15. The summed E-state index contributed by atoms with van der Waals surface area (Å²) in [5, 5.41) is 32.2. The lowest BCUT2D eigenvalue weighted by Gasteiger charge is -2.24. The molecule has 0 aromatic heterocycles.